The number of fused-ring (bicyclic) bond motifs is 4. The first-order chi connectivity index (χ1) is 28.9. The molecule has 1 atom stereocenters. The number of carbonyl (C=O) groups is 2. The van der Waals surface area contributed by atoms with E-state index >= 15 is 0 Å². The number of anilines is 1. The van der Waals surface area contributed by atoms with Crippen LogP contribution in [0.5, 0.6) is 0 Å². The molecular formula is C43H38N10O5S2. The van der Waals surface area contributed by atoms with Crippen molar-refractivity contribution >= 4 is 55.5 Å². The van der Waals surface area contributed by atoms with E-state index in [1.54, 1.807) is 53.9 Å². The van der Waals surface area contributed by atoms with Crippen LogP contribution >= 0.6 is 11.3 Å². The summed E-state index contributed by atoms with van der Waals surface area (Å²) in [5, 5.41) is 31.3. The number of carbonyl (C=O) groups excluding carboxylic acids is 2. The third-order valence-electron chi connectivity index (χ3n) is 10.5. The van der Waals surface area contributed by atoms with E-state index in [-0.39, 0.29) is 29.5 Å². The molecule has 0 spiro atoms. The lowest BCUT2D eigenvalue weighted by atomic mass is 9.98. The minimum absolute atomic E-state index is 0.0386. The quantitative estimate of drug-likeness (QED) is 0.114. The molecular weight excluding hydrogens is 801 g/mol. The molecule has 8 rings (SSSR count). The van der Waals surface area contributed by atoms with Crippen molar-refractivity contribution in [2.75, 3.05) is 11.8 Å². The van der Waals surface area contributed by atoms with Crippen molar-refractivity contribution in [3.8, 4) is 22.3 Å². The van der Waals surface area contributed by atoms with E-state index < -0.39 is 22.0 Å². The number of amides is 1. The lowest BCUT2D eigenvalue weighted by molar-refractivity contribution is -0.140. The zero-order chi connectivity index (χ0) is 42.3. The van der Waals surface area contributed by atoms with Crippen molar-refractivity contribution in [3.63, 3.8) is 0 Å². The number of H-pyrrole nitrogens is 1. The molecule has 0 saturated carbocycles. The summed E-state index contributed by atoms with van der Waals surface area (Å²) in [6, 6.07) is 22.4. The van der Waals surface area contributed by atoms with Crippen molar-refractivity contribution in [2.24, 2.45) is 4.99 Å². The number of nitriles is 1. The van der Waals surface area contributed by atoms with Crippen LogP contribution in [-0.4, -0.2) is 63.1 Å². The van der Waals surface area contributed by atoms with E-state index in [9.17, 15) is 23.3 Å². The van der Waals surface area contributed by atoms with Gasteiger partial charge in [-0.2, -0.15) is 5.26 Å². The Labute approximate surface area is 349 Å². The predicted molar refractivity (Wildman–Crippen MR) is 227 cm³/mol. The standard InChI is InChI=1S/C43H38N10O5S2/c1-23-6-15-33(40-37(23)30(20-44)22-45-40)52-60(56,57)31-13-7-27(8-14-31)21-46-42(55)35-17-16-32(49-50-35)28-9-11-29(12-10-28)39-38-24(2)25(3)59-43(38)53-26(4)48-51-41(53)34(47-39)18-19-36(54)58-5/h6-17,22,34,45,52H,18-19,21H2,1-5H3,(H,46,55)/t34-/m0/s1. The highest BCUT2D eigenvalue weighted by Gasteiger charge is 2.32. The van der Waals surface area contributed by atoms with E-state index in [0.717, 1.165) is 49.2 Å². The average Bonchev–Trinajstić information content (AvgIpc) is 3.93. The lowest BCUT2D eigenvalue weighted by Gasteiger charge is -2.12. The molecule has 0 bridgehead atoms. The smallest absolute Gasteiger partial charge is 0.305 e. The van der Waals surface area contributed by atoms with Crippen molar-refractivity contribution in [1.82, 2.24) is 35.3 Å². The summed E-state index contributed by atoms with van der Waals surface area (Å²) in [5.74, 6) is 0.658. The zero-order valence-corrected chi connectivity index (χ0v) is 34.8. The number of rotatable bonds is 11. The van der Waals surface area contributed by atoms with Crippen LogP contribution in [-0.2, 0) is 26.1 Å². The topological polar surface area (TPSA) is 210 Å². The largest absolute Gasteiger partial charge is 0.469 e. The maximum Gasteiger partial charge on any atom is 0.305 e. The molecule has 0 radical (unpaired) electrons. The summed E-state index contributed by atoms with van der Waals surface area (Å²) in [7, 11) is -2.58. The number of methoxy groups -OCH3 is 1. The van der Waals surface area contributed by atoms with Crippen molar-refractivity contribution in [2.45, 2.75) is 58.0 Å². The second kappa shape index (κ2) is 16.0. The van der Waals surface area contributed by atoms with Gasteiger partial charge in [-0.3, -0.25) is 23.9 Å². The Balaban J connectivity index is 0.944. The Kier molecular flexibility index (Phi) is 10.6. The fraction of sp³-hybridized carbons (Fsp3) is 0.209. The molecule has 1 amide bonds. The third kappa shape index (κ3) is 7.42. The molecule has 17 heteroatoms. The van der Waals surface area contributed by atoms with Crippen molar-refractivity contribution < 1.29 is 22.7 Å². The summed E-state index contributed by atoms with van der Waals surface area (Å²) in [6.07, 6.45) is 2.14. The molecule has 3 N–H and O–H groups in total. The second-order valence-electron chi connectivity index (χ2n) is 14.3. The molecule has 60 heavy (non-hydrogen) atoms. The minimum atomic E-state index is -3.96. The number of hydrogen-bond donors (Lipinski definition) is 3. The fourth-order valence-electron chi connectivity index (χ4n) is 7.20. The van der Waals surface area contributed by atoms with Crippen LogP contribution in [0.25, 0.3) is 27.2 Å². The monoisotopic (exact) mass is 838 g/mol. The number of nitrogens with zero attached hydrogens (tertiary/aromatic N) is 7. The van der Waals surface area contributed by atoms with E-state index in [1.165, 1.54) is 19.2 Å². The van der Waals surface area contributed by atoms with Crippen LogP contribution in [0.2, 0.25) is 0 Å². The number of nitrogens with one attached hydrogen (secondary N) is 3. The van der Waals surface area contributed by atoms with E-state index in [4.69, 9.17) is 9.73 Å². The molecule has 0 unspecified atom stereocenters. The van der Waals surface area contributed by atoms with E-state index in [1.807, 2.05) is 42.7 Å². The van der Waals surface area contributed by atoms with Gasteiger partial charge >= 0.3 is 5.97 Å². The molecule has 15 nitrogen and oxygen atoms in total. The highest BCUT2D eigenvalue weighted by Crippen LogP contribution is 2.40. The molecule has 1 aliphatic rings. The first-order valence-electron chi connectivity index (χ1n) is 18.9. The minimum Gasteiger partial charge on any atom is -0.469 e. The number of esters is 1. The lowest BCUT2D eigenvalue weighted by Crippen LogP contribution is -2.24. The molecule has 1 aliphatic heterocycles. The van der Waals surface area contributed by atoms with Gasteiger partial charge in [0.25, 0.3) is 15.9 Å². The van der Waals surface area contributed by atoms with Gasteiger partial charge in [-0.05, 0) is 81.1 Å². The van der Waals surface area contributed by atoms with Gasteiger partial charge in [0.05, 0.1) is 40.2 Å². The molecule has 4 aromatic heterocycles. The number of aliphatic imine (C=N–C) groups is 1. The summed E-state index contributed by atoms with van der Waals surface area (Å²) in [5.41, 5.74) is 8.07. The number of sulfonamides is 1. The van der Waals surface area contributed by atoms with Crippen LogP contribution < -0.4 is 10.0 Å². The fourth-order valence-corrected chi connectivity index (χ4v) is 9.49. The molecule has 0 saturated heterocycles. The molecule has 0 aliphatic carbocycles. The zero-order valence-electron chi connectivity index (χ0n) is 33.2. The average molecular weight is 839 g/mol. The molecule has 0 fully saturated rings. The Bertz CT molecular complexity index is 3000. The predicted octanol–water partition coefficient (Wildman–Crippen LogP) is 6.95. The van der Waals surface area contributed by atoms with Gasteiger partial charge in [-0.25, -0.2) is 8.42 Å². The Morgan fingerprint density at radius 3 is 2.38 bits per heavy atom. The Hall–Kier alpha value is -7.03. The van der Waals surface area contributed by atoms with Gasteiger partial charge in [0.2, 0.25) is 0 Å². The van der Waals surface area contributed by atoms with Gasteiger partial charge in [0.1, 0.15) is 22.9 Å². The van der Waals surface area contributed by atoms with Crippen LogP contribution in [0.3, 0.4) is 0 Å². The highest BCUT2D eigenvalue weighted by molar-refractivity contribution is 7.92. The summed E-state index contributed by atoms with van der Waals surface area (Å²) >= 11 is 1.66. The van der Waals surface area contributed by atoms with E-state index in [2.05, 4.69) is 55.3 Å². The van der Waals surface area contributed by atoms with Crippen LogP contribution in [0.15, 0.2) is 88.9 Å². The van der Waals surface area contributed by atoms with Crippen LogP contribution in [0, 0.1) is 39.0 Å². The van der Waals surface area contributed by atoms with Crippen LogP contribution in [0.1, 0.15) is 79.3 Å². The van der Waals surface area contributed by atoms with Crippen molar-refractivity contribution in [1.29, 1.82) is 5.26 Å². The number of aromatic nitrogens is 6. The molecule has 5 heterocycles. The normalized spacial score (nSPS) is 13.5. The number of hydrogen-bond acceptors (Lipinski definition) is 12. The van der Waals surface area contributed by atoms with Gasteiger partial charge in [-0.1, -0.05) is 42.5 Å². The van der Waals surface area contributed by atoms with Crippen molar-refractivity contribution in [3.05, 3.63) is 135 Å². The number of aromatic amines is 1. The highest BCUT2D eigenvalue weighted by atomic mass is 32.2. The second-order valence-corrected chi connectivity index (χ2v) is 17.2. The molecule has 302 valence electrons. The number of thiophene rings is 1. The van der Waals surface area contributed by atoms with E-state index in [0.29, 0.717) is 45.7 Å². The molecule has 3 aromatic carbocycles. The summed E-state index contributed by atoms with van der Waals surface area (Å²) < 4.78 is 36.1. The van der Waals surface area contributed by atoms with Gasteiger partial charge < -0.3 is 15.0 Å². The third-order valence-corrected chi connectivity index (χ3v) is 13.1. The SMILES string of the molecule is COC(=O)CC[C@@H]1N=C(c2ccc(-c3ccc(C(=O)NCc4ccc(S(=O)(=O)Nc5ccc(C)c6c(C#N)c[nH]c56)cc4)nn3)cc2)c2c(sc(C)c2C)-n2c(C)nnc21. The van der Waals surface area contributed by atoms with Gasteiger partial charge in [0, 0.05) is 46.1 Å². The van der Waals surface area contributed by atoms with Gasteiger partial charge in [-0.15, -0.1) is 31.7 Å². The first kappa shape index (κ1) is 39.8. The maximum absolute atomic E-state index is 13.3. The Morgan fingerprint density at radius 2 is 1.68 bits per heavy atom. The van der Waals surface area contributed by atoms with Gasteiger partial charge in [0.15, 0.2) is 11.5 Å². The number of ether oxygens (including phenoxy) is 1. The Morgan fingerprint density at radius 1 is 0.933 bits per heavy atom. The number of benzene rings is 3. The number of aryl methyl sites for hydroxylation is 3. The maximum atomic E-state index is 13.3. The molecule has 7 aromatic rings. The summed E-state index contributed by atoms with van der Waals surface area (Å²) in [4.78, 5) is 34.6. The first-order valence-corrected chi connectivity index (χ1v) is 21.2. The van der Waals surface area contributed by atoms with Crippen LogP contribution in [0.4, 0.5) is 5.69 Å². The summed E-state index contributed by atoms with van der Waals surface area (Å²) in [6.45, 7) is 8.06.